The fraction of sp³-hybridized carbons (Fsp3) is 0.0323. The summed E-state index contributed by atoms with van der Waals surface area (Å²) in [5.74, 6) is 5.09. The molecule has 0 unspecified atom stereocenters. The fourth-order valence-electron chi connectivity index (χ4n) is 8.84. The Hall–Kier alpha value is -5.82. The second kappa shape index (κ2) is 23.6. The van der Waals surface area contributed by atoms with E-state index >= 15 is 0 Å². The van der Waals surface area contributed by atoms with E-state index in [0.29, 0.717) is 0 Å². The Kier molecular flexibility index (Phi) is 17.2. The van der Waals surface area contributed by atoms with Gasteiger partial charge in [0.25, 0.3) is 0 Å². The van der Waals surface area contributed by atoms with Crippen molar-refractivity contribution in [3.8, 4) is 11.8 Å². The maximum Gasteiger partial charge on any atom is 1.00 e. The van der Waals surface area contributed by atoms with E-state index in [4.69, 9.17) is 12.8 Å². The minimum atomic E-state index is -0.783. The first-order valence-corrected chi connectivity index (χ1v) is 25.1. The zero-order valence-electron chi connectivity index (χ0n) is 36.1. The number of fused-ring (bicyclic) bond motifs is 8. The third-order valence-corrected chi connectivity index (χ3v) is 18.0. The molecule has 0 radical (unpaired) electrons. The Morgan fingerprint density at radius 2 is 0.591 bits per heavy atom. The van der Waals surface area contributed by atoms with E-state index in [2.05, 4.69) is 206 Å². The third-order valence-electron chi connectivity index (χ3n) is 11.9. The van der Waals surface area contributed by atoms with Gasteiger partial charge in [-0.3, -0.25) is 11.8 Å². The van der Waals surface area contributed by atoms with Gasteiger partial charge >= 0.3 is 44.8 Å². The van der Waals surface area contributed by atoms with Crippen LogP contribution in [0, 0.1) is 24.7 Å². The Bertz CT molecular complexity index is 3260. The second-order valence-electron chi connectivity index (χ2n) is 15.7. The van der Waals surface area contributed by atoms with E-state index in [0.717, 1.165) is 27.3 Å². The monoisotopic (exact) mass is 1160 g/mol. The molecule has 0 spiro atoms. The Labute approximate surface area is 423 Å². The molecule has 0 saturated carbocycles. The first-order valence-electron chi connectivity index (χ1n) is 21.7. The molecule has 0 heterocycles. The van der Waals surface area contributed by atoms with Gasteiger partial charge < -0.3 is 12.8 Å². The van der Waals surface area contributed by atoms with Crippen LogP contribution in [0.5, 0.6) is 0 Å². The molecule has 0 amide bonds. The topological polar surface area (TPSA) is 0 Å². The van der Waals surface area contributed by atoms with Crippen molar-refractivity contribution >= 4 is 90.9 Å². The number of hydrogen-bond acceptors (Lipinski definition) is 0. The zero-order valence-corrected chi connectivity index (χ0v) is 41.8. The molecule has 11 aromatic carbocycles. The van der Waals surface area contributed by atoms with Gasteiger partial charge in [0.2, 0.25) is 0 Å². The van der Waals surface area contributed by atoms with Crippen LogP contribution in [0.1, 0.15) is 11.1 Å². The van der Waals surface area contributed by atoms with Crippen LogP contribution in [0.3, 0.4) is 0 Å². The standard InChI is InChI=1S/C26H24P2.C20H11.C16H9.Ag.Au/c1-5-13-23(14-6-1)27(24-15-7-2-8-16-24)21-22-28(25-17-9-3-10-18-25)26-19-11-4-12-20-26;1-2-14-13-20-17-9-4-3-7-15(17)11-12-19(20)18-10-6-5-8-16(14)18;1-2-12-11-13-7-3-4-9-15(13)16-10-6-5-8-14(12)16;;/h1-20H,21-22H2;3-13H;3-11H;;/q;2*-1;2*+1/p+2. The van der Waals surface area contributed by atoms with Crippen molar-refractivity contribution in [1.82, 2.24) is 0 Å². The van der Waals surface area contributed by atoms with E-state index in [9.17, 15) is 0 Å². The molecular weight excluding hydrogens is 1110 g/mol. The molecular formula is C62H46AgAuP2+2. The Morgan fingerprint density at radius 3 is 1.02 bits per heavy atom. The molecule has 0 bridgehead atoms. The van der Waals surface area contributed by atoms with E-state index in [1.807, 2.05) is 48.5 Å². The summed E-state index contributed by atoms with van der Waals surface area (Å²) in [7, 11) is -1.57. The molecule has 0 atom stereocenters. The van der Waals surface area contributed by atoms with Gasteiger partial charge in [-0.15, -0.1) is 23.3 Å². The van der Waals surface area contributed by atoms with Crippen molar-refractivity contribution in [2.24, 2.45) is 0 Å². The molecule has 0 aliphatic carbocycles. The minimum Gasteiger partial charge on any atom is -0.366 e. The summed E-state index contributed by atoms with van der Waals surface area (Å²) >= 11 is 0. The average Bonchev–Trinajstić information content (AvgIpc) is 3.38. The van der Waals surface area contributed by atoms with Crippen molar-refractivity contribution in [2.75, 3.05) is 12.3 Å². The maximum atomic E-state index is 7.56. The summed E-state index contributed by atoms with van der Waals surface area (Å²) in [4.78, 5) is 0. The van der Waals surface area contributed by atoms with E-state index in [-0.39, 0.29) is 44.8 Å². The summed E-state index contributed by atoms with van der Waals surface area (Å²) in [5.41, 5.74) is 1.71. The Morgan fingerprint density at radius 1 is 0.288 bits per heavy atom. The summed E-state index contributed by atoms with van der Waals surface area (Å²) in [6.45, 7) is 0. The first kappa shape index (κ1) is 48.1. The second-order valence-corrected chi connectivity index (χ2v) is 20.9. The minimum absolute atomic E-state index is 0. The van der Waals surface area contributed by atoms with Crippen LogP contribution >= 0.6 is 15.8 Å². The van der Waals surface area contributed by atoms with E-state index < -0.39 is 15.8 Å². The van der Waals surface area contributed by atoms with Crippen molar-refractivity contribution in [3.63, 3.8) is 0 Å². The zero-order chi connectivity index (χ0) is 43.5. The van der Waals surface area contributed by atoms with Gasteiger partial charge in [-0.2, -0.15) is 0 Å². The molecule has 324 valence electrons. The van der Waals surface area contributed by atoms with Crippen molar-refractivity contribution in [3.05, 3.63) is 267 Å². The Balaban J connectivity index is 0.000000151. The molecule has 0 N–H and O–H groups in total. The smallest absolute Gasteiger partial charge is 0.366 e. The van der Waals surface area contributed by atoms with E-state index in [1.165, 1.54) is 71.2 Å². The number of benzene rings is 11. The van der Waals surface area contributed by atoms with Gasteiger partial charge in [-0.1, -0.05) is 193 Å². The molecule has 0 aliphatic heterocycles. The molecule has 0 nitrogen and oxygen atoms in total. The van der Waals surface area contributed by atoms with Gasteiger partial charge in [0.05, 0.1) is 37.1 Å². The van der Waals surface area contributed by atoms with Crippen LogP contribution in [-0.2, 0) is 44.8 Å². The first-order chi connectivity index (χ1) is 31.7. The number of rotatable bonds is 7. The third kappa shape index (κ3) is 10.9. The molecule has 0 aliphatic rings. The molecule has 11 rings (SSSR count). The maximum absolute atomic E-state index is 7.56. The van der Waals surface area contributed by atoms with Gasteiger partial charge in [-0.05, 0) is 91.6 Å². The molecule has 11 aromatic rings. The number of hydrogen-bond donors (Lipinski definition) is 0. The summed E-state index contributed by atoms with van der Waals surface area (Å²) in [6.07, 6.45) is 17.4. The van der Waals surface area contributed by atoms with Crippen molar-refractivity contribution in [1.29, 1.82) is 0 Å². The predicted molar refractivity (Wildman–Crippen MR) is 284 cm³/mol. The van der Waals surface area contributed by atoms with Crippen molar-refractivity contribution in [2.45, 2.75) is 0 Å². The summed E-state index contributed by atoms with van der Waals surface area (Å²) in [6, 6.07) is 86.0. The average molecular weight is 1160 g/mol. The van der Waals surface area contributed by atoms with Crippen LogP contribution in [0.2, 0.25) is 0 Å². The van der Waals surface area contributed by atoms with Crippen molar-refractivity contribution < 1.29 is 44.8 Å². The van der Waals surface area contributed by atoms with Crippen LogP contribution in [0.4, 0.5) is 0 Å². The van der Waals surface area contributed by atoms with E-state index in [1.54, 1.807) is 0 Å². The normalized spacial score (nSPS) is 10.5. The van der Waals surface area contributed by atoms with Crippen LogP contribution in [-0.4, -0.2) is 12.3 Å². The van der Waals surface area contributed by atoms with Gasteiger partial charge in [0.15, 0.2) is 0 Å². The molecule has 4 heteroatoms. The van der Waals surface area contributed by atoms with Gasteiger partial charge in [-0.25, -0.2) is 0 Å². The van der Waals surface area contributed by atoms with Gasteiger partial charge in [0, 0.05) is 0 Å². The molecule has 0 saturated heterocycles. The largest absolute Gasteiger partial charge is 1.00 e. The molecule has 66 heavy (non-hydrogen) atoms. The van der Waals surface area contributed by atoms with Crippen LogP contribution in [0.25, 0.3) is 53.9 Å². The van der Waals surface area contributed by atoms with Gasteiger partial charge in [0.1, 0.15) is 12.3 Å². The summed E-state index contributed by atoms with van der Waals surface area (Å²) in [5, 5.41) is 17.9. The fourth-order valence-corrected chi connectivity index (χ4v) is 15.0. The molecule has 0 fully saturated rings. The SMILES string of the molecule is [Ag+].[Au+].[C-]#Cc1cc2c3ccccc3ccc2c2ccccc12.[C-]#Cc1cc2ccccc2c2ccccc12.c1ccc([PH+](CC[PH+](c2ccccc2)c2ccccc2)c2ccccc2)cc1. The predicted octanol–water partition coefficient (Wildman–Crippen LogP) is 13.7. The summed E-state index contributed by atoms with van der Waals surface area (Å²) < 4.78 is 0. The quantitative estimate of drug-likeness (QED) is 0.0491. The molecule has 0 aromatic heterocycles. The van der Waals surface area contributed by atoms with Crippen LogP contribution in [0.15, 0.2) is 243 Å². The van der Waals surface area contributed by atoms with Crippen LogP contribution < -0.4 is 21.2 Å².